The van der Waals surface area contributed by atoms with Crippen LogP contribution in [0.15, 0.2) is 42.7 Å². The highest BCUT2D eigenvalue weighted by molar-refractivity contribution is 5.92. The summed E-state index contributed by atoms with van der Waals surface area (Å²) in [6.07, 6.45) is 3.72. The number of benzene rings is 1. The van der Waals surface area contributed by atoms with Gasteiger partial charge in [-0.2, -0.15) is 5.10 Å². The van der Waals surface area contributed by atoms with Gasteiger partial charge < -0.3 is 14.8 Å². The van der Waals surface area contributed by atoms with Gasteiger partial charge in [-0.1, -0.05) is 13.8 Å². The number of pyridine rings is 1. The summed E-state index contributed by atoms with van der Waals surface area (Å²) in [6.45, 7) is 9.49. The van der Waals surface area contributed by atoms with E-state index < -0.39 is 0 Å². The Kier molecular flexibility index (Phi) is 7.28. The second kappa shape index (κ2) is 10.1. The van der Waals surface area contributed by atoms with Gasteiger partial charge >= 0.3 is 0 Å². The van der Waals surface area contributed by atoms with Gasteiger partial charge in [0.05, 0.1) is 19.2 Å². The second-order valence-corrected chi connectivity index (χ2v) is 7.96. The Bertz CT molecular complexity index is 1030. The van der Waals surface area contributed by atoms with Crippen LogP contribution >= 0.6 is 0 Å². The van der Waals surface area contributed by atoms with E-state index in [4.69, 9.17) is 9.47 Å². The number of anilines is 1. The van der Waals surface area contributed by atoms with E-state index >= 15 is 0 Å². The molecule has 0 atom stereocenters. The summed E-state index contributed by atoms with van der Waals surface area (Å²) in [5, 5.41) is 7.56. The lowest BCUT2D eigenvalue weighted by Crippen LogP contribution is -2.16. The molecule has 1 N–H and O–H groups in total. The standard InChI is InChI=1S/C24H30N4O3/c1-16(2)14-28-18(4)21(17(3)27-28)13-24(29)26-20-6-7-22(30-5)23(12-20)31-15-19-8-10-25-11-9-19/h6-12,16H,13-15H2,1-5H3,(H,26,29). The Balaban J connectivity index is 1.69. The van der Waals surface area contributed by atoms with E-state index in [9.17, 15) is 4.79 Å². The molecule has 0 aliphatic carbocycles. The number of carbonyl (C=O) groups is 1. The zero-order valence-electron chi connectivity index (χ0n) is 18.8. The van der Waals surface area contributed by atoms with Crippen molar-refractivity contribution in [3.05, 3.63) is 65.2 Å². The molecule has 2 aromatic heterocycles. The number of methoxy groups -OCH3 is 1. The van der Waals surface area contributed by atoms with Crippen LogP contribution in [0.4, 0.5) is 5.69 Å². The van der Waals surface area contributed by atoms with Gasteiger partial charge in [-0.15, -0.1) is 0 Å². The van der Waals surface area contributed by atoms with Crippen molar-refractivity contribution in [3.63, 3.8) is 0 Å². The fourth-order valence-electron chi connectivity index (χ4n) is 3.39. The van der Waals surface area contributed by atoms with Crippen molar-refractivity contribution in [1.82, 2.24) is 14.8 Å². The molecule has 0 aliphatic rings. The van der Waals surface area contributed by atoms with Gasteiger partial charge in [0, 0.05) is 41.9 Å². The second-order valence-electron chi connectivity index (χ2n) is 7.96. The Hall–Kier alpha value is -3.35. The molecule has 31 heavy (non-hydrogen) atoms. The van der Waals surface area contributed by atoms with Crippen LogP contribution < -0.4 is 14.8 Å². The summed E-state index contributed by atoms with van der Waals surface area (Å²) in [4.78, 5) is 16.7. The maximum Gasteiger partial charge on any atom is 0.228 e. The summed E-state index contributed by atoms with van der Waals surface area (Å²) in [7, 11) is 1.59. The Labute approximate surface area is 183 Å². The average Bonchev–Trinajstić information content (AvgIpc) is 3.00. The van der Waals surface area contributed by atoms with Crippen LogP contribution in [0.2, 0.25) is 0 Å². The zero-order valence-corrected chi connectivity index (χ0v) is 18.8. The van der Waals surface area contributed by atoms with E-state index in [1.54, 1.807) is 37.7 Å². The molecule has 0 aliphatic heterocycles. The van der Waals surface area contributed by atoms with Crippen molar-refractivity contribution in [2.75, 3.05) is 12.4 Å². The van der Waals surface area contributed by atoms with E-state index in [1.165, 1.54) is 0 Å². The third-order valence-corrected chi connectivity index (χ3v) is 5.00. The summed E-state index contributed by atoms with van der Waals surface area (Å²) < 4.78 is 13.3. The topological polar surface area (TPSA) is 78.3 Å². The van der Waals surface area contributed by atoms with Gasteiger partial charge in [-0.05, 0) is 49.6 Å². The number of aryl methyl sites for hydroxylation is 1. The predicted octanol–water partition coefficient (Wildman–Crippen LogP) is 4.32. The molecule has 3 aromatic rings. The van der Waals surface area contributed by atoms with Crippen LogP contribution in [-0.4, -0.2) is 27.8 Å². The van der Waals surface area contributed by atoms with E-state index in [0.717, 1.165) is 29.1 Å². The molecule has 164 valence electrons. The lowest BCUT2D eigenvalue weighted by molar-refractivity contribution is -0.115. The van der Waals surface area contributed by atoms with Crippen LogP contribution in [0.3, 0.4) is 0 Å². The first-order valence-electron chi connectivity index (χ1n) is 10.4. The van der Waals surface area contributed by atoms with E-state index in [1.807, 2.05) is 30.7 Å². The largest absolute Gasteiger partial charge is 0.493 e. The first-order valence-corrected chi connectivity index (χ1v) is 10.4. The highest BCUT2D eigenvalue weighted by Crippen LogP contribution is 2.31. The molecule has 0 unspecified atom stereocenters. The zero-order chi connectivity index (χ0) is 22.4. The first-order chi connectivity index (χ1) is 14.9. The van der Waals surface area contributed by atoms with Crippen LogP contribution in [0.5, 0.6) is 11.5 Å². The number of amides is 1. The maximum atomic E-state index is 12.7. The SMILES string of the molecule is COc1ccc(NC(=O)Cc2c(C)nn(CC(C)C)c2C)cc1OCc1ccncc1. The molecule has 2 heterocycles. The van der Waals surface area contributed by atoms with Gasteiger partial charge in [0.15, 0.2) is 11.5 Å². The van der Waals surface area contributed by atoms with E-state index in [0.29, 0.717) is 29.7 Å². The summed E-state index contributed by atoms with van der Waals surface area (Å²) in [6, 6.07) is 9.15. The van der Waals surface area contributed by atoms with E-state index in [-0.39, 0.29) is 12.3 Å². The third kappa shape index (κ3) is 5.84. The summed E-state index contributed by atoms with van der Waals surface area (Å²) >= 11 is 0. The fourth-order valence-corrected chi connectivity index (χ4v) is 3.39. The molecule has 0 saturated heterocycles. The highest BCUT2D eigenvalue weighted by Gasteiger charge is 2.16. The smallest absolute Gasteiger partial charge is 0.228 e. The van der Waals surface area contributed by atoms with Crippen LogP contribution in [0.1, 0.15) is 36.4 Å². The Morgan fingerprint density at radius 1 is 1.13 bits per heavy atom. The third-order valence-electron chi connectivity index (χ3n) is 5.00. The molecule has 1 aromatic carbocycles. The minimum atomic E-state index is -0.0967. The monoisotopic (exact) mass is 422 g/mol. The lowest BCUT2D eigenvalue weighted by atomic mass is 10.1. The highest BCUT2D eigenvalue weighted by atomic mass is 16.5. The number of aromatic nitrogens is 3. The molecule has 0 bridgehead atoms. The minimum absolute atomic E-state index is 0.0967. The number of nitrogens with one attached hydrogen (secondary N) is 1. The number of rotatable bonds is 9. The van der Waals surface area contributed by atoms with Crippen molar-refractivity contribution < 1.29 is 14.3 Å². The molecule has 0 spiro atoms. The Morgan fingerprint density at radius 2 is 1.87 bits per heavy atom. The minimum Gasteiger partial charge on any atom is -0.493 e. The number of hydrogen-bond acceptors (Lipinski definition) is 5. The molecule has 1 amide bonds. The number of ether oxygens (including phenoxy) is 2. The van der Waals surface area contributed by atoms with Crippen LogP contribution in [-0.2, 0) is 24.4 Å². The van der Waals surface area contributed by atoms with Crippen molar-refractivity contribution >= 4 is 11.6 Å². The maximum absolute atomic E-state index is 12.7. The van der Waals surface area contributed by atoms with Crippen molar-refractivity contribution in [2.24, 2.45) is 5.92 Å². The number of nitrogens with zero attached hydrogens (tertiary/aromatic N) is 3. The number of carbonyl (C=O) groups excluding carboxylic acids is 1. The summed E-state index contributed by atoms with van der Waals surface area (Å²) in [5.74, 6) is 1.56. The lowest BCUT2D eigenvalue weighted by Gasteiger charge is -2.13. The fraction of sp³-hybridized carbons (Fsp3) is 0.375. The molecular formula is C24H30N4O3. The van der Waals surface area contributed by atoms with Crippen LogP contribution in [0, 0.1) is 19.8 Å². The Morgan fingerprint density at radius 3 is 2.55 bits per heavy atom. The molecule has 3 rings (SSSR count). The normalized spacial score (nSPS) is 10.9. The number of hydrogen-bond donors (Lipinski definition) is 1. The predicted molar refractivity (Wildman–Crippen MR) is 120 cm³/mol. The van der Waals surface area contributed by atoms with Gasteiger partial charge in [-0.25, -0.2) is 0 Å². The average molecular weight is 423 g/mol. The van der Waals surface area contributed by atoms with Gasteiger partial charge in [0.1, 0.15) is 6.61 Å². The summed E-state index contributed by atoms with van der Waals surface area (Å²) in [5.41, 5.74) is 4.55. The van der Waals surface area contributed by atoms with Crippen molar-refractivity contribution in [3.8, 4) is 11.5 Å². The van der Waals surface area contributed by atoms with Crippen molar-refractivity contribution in [2.45, 2.75) is 47.3 Å². The molecule has 7 nitrogen and oxygen atoms in total. The van der Waals surface area contributed by atoms with Gasteiger partial charge in [0.25, 0.3) is 0 Å². The van der Waals surface area contributed by atoms with Crippen LogP contribution in [0.25, 0.3) is 0 Å². The molecule has 7 heteroatoms. The molecule has 0 radical (unpaired) electrons. The molecule has 0 fully saturated rings. The first kappa shape index (κ1) is 22.3. The van der Waals surface area contributed by atoms with Gasteiger partial charge in [-0.3, -0.25) is 14.5 Å². The van der Waals surface area contributed by atoms with E-state index in [2.05, 4.69) is 29.2 Å². The molecular weight excluding hydrogens is 392 g/mol. The molecule has 0 saturated carbocycles. The van der Waals surface area contributed by atoms with Gasteiger partial charge in [0.2, 0.25) is 5.91 Å². The quantitative estimate of drug-likeness (QED) is 0.556. The van der Waals surface area contributed by atoms with Crippen molar-refractivity contribution in [1.29, 1.82) is 0 Å².